The van der Waals surface area contributed by atoms with E-state index in [0.29, 0.717) is 4.64 Å². The maximum absolute atomic E-state index is 5.83. The average molecular weight is 258 g/mol. The average Bonchev–Trinajstić information content (AvgIpc) is 2.41. The SMILES string of the molecule is Cc1c(-c2cccc3c2OCCC3)[nH]cnc1=S. The van der Waals surface area contributed by atoms with Crippen LogP contribution in [0.3, 0.4) is 0 Å². The van der Waals surface area contributed by atoms with Gasteiger partial charge in [-0.1, -0.05) is 24.4 Å². The molecule has 1 aromatic carbocycles. The number of H-pyrrole nitrogens is 1. The van der Waals surface area contributed by atoms with E-state index in [2.05, 4.69) is 28.2 Å². The fraction of sp³-hybridized carbons (Fsp3) is 0.286. The van der Waals surface area contributed by atoms with Crippen molar-refractivity contribution in [2.75, 3.05) is 6.61 Å². The summed E-state index contributed by atoms with van der Waals surface area (Å²) in [5, 5.41) is 0. The second-order valence-electron chi connectivity index (χ2n) is 4.45. The molecule has 0 saturated heterocycles. The highest BCUT2D eigenvalue weighted by Gasteiger charge is 2.17. The Bertz CT molecular complexity index is 648. The minimum Gasteiger partial charge on any atom is -0.493 e. The van der Waals surface area contributed by atoms with Gasteiger partial charge in [0.15, 0.2) is 0 Å². The first kappa shape index (κ1) is 11.4. The van der Waals surface area contributed by atoms with Crippen LogP contribution in [0.1, 0.15) is 17.5 Å². The summed E-state index contributed by atoms with van der Waals surface area (Å²) < 4.78 is 6.47. The fourth-order valence-electron chi connectivity index (χ4n) is 2.33. The van der Waals surface area contributed by atoms with E-state index in [1.165, 1.54) is 5.56 Å². The monoisotopic (exact) mass is 258 g/mol. The molecule has 92 valence electrons. The van der Waals surface area contributed by atoms with Crippen LogP contribution in [0.15, 0.2) is 24.5 Å². The van der Waals surface area contributed by atoms with E-state index in [9.17, 15) is 0 Å². The largest absolute Gasteiger partial charge is 0.493 e. The Morgan fingerprint density at radius 2 is 2.28 bits per heavy atom. The van der Waals surface area contributed by atoms with Crippen molar-refractivity contribution in [2.24, 2.45) is 0 Å². The number of aryl methyl sites for hydroxylation is 1. The number of hydrogen-bond donors (Lipinski definition) is 1. The molecule has 0 saturated carbocycles. The van der Waals surface area contributed by atoms with Crippen molar-refractivity contribution in [2.45, 2.75) is 19.8 Å². The summed E-state index contributed by atoms with van der Waals surface area (Å²) in [4.78, 5) is 7.28. The molecule has 0 radical (unpaired) electrons. The van der Waals surface area contributed by atoms with Crippen LogP contribution < -0.4 is 4.74 Å². The molecule has 2 aromatic rings. The van der Waals surface area contributed by atoms with Crippen LogP contribution >= 0.6 is 12.2 Å². The highest BCUT2D eigenvalue weighted by molar-refractivity contribution is 7.71. The Morgan fingerprint density at radius 3 is 3.17 bits per heavy atom. The number of nitrogens with one attached hydrogen (secondary N) is 1. The van der Waals surface area contributed by atoms with Gasteiger partial charge in [0.1, 0.15) is 10.4 Å². The molecule has 0 bridgehead atoms. The first-order valence-corrected chi connectivity index (χ1v) is 6.47. The summed E-state index contributed by atoms with van der Waals surface area (Å²) in [6.45, 7) is 2.78. The fourth-order valence-corrected chi connectivity index (χ4v) is 2.49. The topological polar surface area (TPSA) is 37.9 Å². The smallest absolute Gasteiger partial charge is 0.132 e. The van der Waals surface area contributed by atoms with E-state index in [1.54, 1.807) is 6.33 Å². The van der Waals surface area contributed by atoms with Crippen molar-refractivity contribution < 1.29 is 4.74 Å². The molecule has 0 aliphatic carbocycles. The molecule has 0 spiro atoms. The number of ether oxygens (including phenoxy) is 1. The summed E-state index contributed by atoms with van der Waals surface area (Å²) in [5.41, 5.74) is 4.36. The first-order valence-electron chi connectivity index (χ1n) is 6.06. The number of nitrogens with zero attached hydrogens (tertiary/aromatic N) is 1. The van der Waals surface area contributed by atoms with Gasteiger partial charge in [0, 0.05) is 11.1 Å². The van der Waals surface area contributed by atoms with Crippen molar-refractivity contribution in [3.63, 3.8) is 0 Å². The number of aromatic amines is 1. The van der Waals surface area contributed by atoms with E-state index in [-0.39, 0.29) is 0 Å². The third-order valence-electron chi connectivity index (χ3n) is 3.29. The number of para-hydroxylation sites is 1. The van der Waals surface area contributed by atoms with Crippen LogP contribution in [0.5, 0.6) is 5.75 Å². The van der Waals surface area contributed by atoms with E-state index in [1.807, 2.05) is 6.92 Å². The van der Waals surface area contributed by atoms with E-state index in [4.69, 9.17) is 17.0 Å². The van der Waals surface area contributed by atoms with Crippen LogP contribution in [0.4, 0.5) is 0 Å². The third kappa shape index (κ3) is 1.82. The van der Waals surface area contributed by atoms with Crippen LogP contribution in [0, 0.1) is 11.6 Å². The minimum atomic E-state index is 0.636. The molecule has 1 aliphatic heterocycles. The lowest BCUT2D eigenvalue weighted by molar-refractivity contribution is 0.289. The second-order valence-corrected chi connectivity index (χ2v) is 4.84. The van der Waals surface area contributed by atoms with E-state index in [0.717, 1.165) is 42.0 Å². The van der Waals surface area contributed by atoms with Gasteiger partial charge < -0.3 is 9.72 Å². The first-order chi connectivity index (χ1) is 8.77. The molecule has 0 fully saturated rings. The Hall–Kier alpha value is -1.68. The maximum Gasteiger partial charge on any atom is 0.132 e. The lowest BCUT2D eigenvalue weighted by Gasteiger charge is -2.20. The Kier molecular flexibility index (Phi) is 2.88. The predicted octanol–water partition coefficient (Wildman–Crippen LogP) is 3.44. The molecule has 3 nitrogen and oxygen atoms in total. The van der Waals surface area contributed by atoms with Crippen LogP contribution in [0.25, 0.3) is 11.3 Å². The zero-order valence-electron chi connectivity index (χ0n) is 10.2. The van der Waals surface area contributed by atoms with Crippen molar-refractivity contribution in [1.82, 2.24) is 9.97 Å². The van der Waals surface area contributed by atoms with Crippen molar-refractivity contribution >= 4 is 12.2 Å². The lowest BCUT2D eigenvalue weighted by Crippen LogP contribution is -2.09. The Balaban J connectivity index is 2.23. The summed E-state index contributed by atoms with van der Waals surface area (Å²) in [7, 11) is 0. The molecular weight excluding hydrogens is 244 g/mol. The van der Waals surface area contributed by atoms with Gasteiger partial charge in [0.2, 0.25) is 0 Å². The number of hydrogen-bond acceptors (Lipinski definition) is 3. The van der Waals surface area contributed by atoms with Gasteiger partial charge in [0.25, 0.3) is 0 Å². The molecule has 2 heterocycles. The molecule has 1 N–H and O–H groups in total. The van der Waals surface area contributed by atoms with Gasteiger partial charge in [-0.2, -0.15) is 0 Å². The van der Waals surface area contributed by atoms with Crippen LogP contribution in [-0.2, 0) is 6.42 Å². The molecule has 18 heavy (non-hydrogen) atoms. The molecule has 4 heteroatoms. The molecule has 0 amide bonds. The van der Waals surface area contributed by atoms with Crippen LogP contribution in [0.2, 0.25) is 0 Å². The van der Waals surface area contributed by atoms with Crippen molar-refractivity contribution in [3.8, 4) is 17.0 Å². The summed E-state index contributed by atoms with van der Waals surface area (Å²) in [6.07, 6.45) is 3.81. The van der Waals surface area contributed by atoms with Crippen molar-refractivity contribution in [3.05, 3.63) is 40.3 Å². The van der Waals surface area contributed by atoms with Gasteiger partial charge in [0.05, 0.1) is 18.6 Å². The highest BCUT2D eigenvalue weighted by atomic mass is 32.1. The normalized spacial score (nSPS) is 13.8. The molecule has 0 atom stereocenters. The van der Waals surface area contributed by atoms with Crippen LogP contribution in [-0.4, -0.2) is 16.6 Å². The third-order valence-corrected chi connectivity index (χ3v) is 3.70. The molecule has 1 aromatic heterocycles. The predicted molar refractivity (Wildman–Crippen MR) is 73.4 cm³/mol. The maximum atomic E-state index is 5.83. The molecule has 0 unspecified atom stereocenters. The van der Waals surface area contributed by atoms with Gasteiger partial charge in [-0.05, 0) is 31.4 Å². The second kappa shape index (κ2) is 4.53. The van der Waals surface area contributed by atoms with Gasteiger partial charge in [-0.25, -0.2) is 4.98 Å². The number of fused-ring (bicyclic) bond motifs is 1. The Morgan fingerprint density at radius 1 is 1.39 bits per heavy atom. The zero-order chi connectivity index (χ0) is 12.5. The standard InChI is InChI=1S/C14H14N2OS/c1-9-12(15-8-16-14(9)18)11-6-2-4-10-5-3-7-17-13(10)11/h2,4,6,8H,3,5,7H2,1H3,(H,15,16,18). The molecule has 1 aliphatic rings. The highest BCUT2D eigenvalue weighted by Crippen LogP contribution is 2.36. The van der Waals surface area contributed by atoms with E-state index >= 15 is 0 Å². The molecular formula is C14H14N2OS. The van der Waals surface area contributed by atoms with Gasteiger partial charge >= 0.3 is 0 Å². The van der Waals surface area contributed by atoms with E-state index < -0.39 is 0 Å². The molecule has 3 rings (SSSR count). The summed E-state index contributed by atoms with van der Waals surface area (Å²) in [5.74, 6) is 0.990. The quantitative estimate of drug-likeness (QED) is 0.796. The van der Waals surface area contributed by atoms with Gasteiger partial charge in [-0.15, -0.1) is 0 Å². The lowest BCUT2D eigenvalue weighted by atomic mass is 9.99. The summed E-state index contributed by atoms with van der Waals surface area (Å²) in [6, 6.07) is 6.26. The zero-order valence-corrected chi connectivity index (χ0v) is 11.0. The minimum absolute atomic E-state index is 0.636. The number of rotatable bonds is 1. The van der Waals surface area contributed by atoms with Crippen molar-refractivity contribution in [1.29, 1.82) is 0 Å². The Labute approximate surface area is 111 Å². The number of benzene rings is 1. The van der Waals surface area contributed by atoms with Gasteiger partial charge in [-0.3, -0.25) is 0 Å². The number of aromatic nitrogens is 2. The summed E-state index contributed by atoms with van der Waals surface area (Å²) >= 11 is 5.22.